The van der Waals surface area contributed by atoms with Gasteiger partial charge in [-0.15, -0.1) is 0 Å². The number of hydrogen-bond donors (Lipinski definition) is 1. The molecule has 1 aliphatic heterocycles. The third kappa shape index (κ3) is 8.40. The number of carbonyl (C=O) groups is 2. The predicted octanol–water partition coefficient (Wildman–Crippen LogP) is 5.11. The quantitative estimate of drug-likeness (QED) is 0.537. The number of nitrogens with zero attached hydrogens (tertiary/aromatic N) is 2. The van der Waals surface area contributed by atoms with Crippen molar-refractivity contribution in [2.75, 3.05) is 13.1 Å². The van der Waals surface area contributed by atoms with Gasteiger partial charge in [0.2, 0.25) is 6.41 Å². The second-order valence-electron chi connectivity index (χ2n) is 7.69. The van der Waals surface area contributed by atoms with E-state index in [1.165, 1.54) is 29.8 Å². The van der Waals surface area contributed by atoms with Gasteiger partial charge in [-0.25, -0.2) is 4.39 Å². The third-order valence-electron chi connectivity index (χ3n) is 5.23. The number of likely N-dealkylation sites (tertiary alicyclic amines) is 1. The van der Waals surface area contributed by atoms with Crippen LogP contribution in [0.3, 0.4) is 0 Å². The number of aldehydes is 1. The number of aliphatic hydroxyl groups excluding tert-OH is 1. The number of hydrogen-bond acceptors (Lipinski definition) is 4. The fraction of sp³-hybridized carbons (Fsp3) is 0.269. The lowest BCUT2D eigenvalue weighted by atomic mass is 9.92. The monoisotopic (exact) mass is 470 g/mol. The number of pyridine rings is 1. The molecule has 0 spiro atoms. The standard InChI is InChI=1S/C13H17NO2.C7H5FO.C6H6ClN/c1-10-2-3-13(12(6-10)8-15)11-4-5-14(7-11)9-16;8-7-3-1-6(5-9)2-4-7;1-5-6(7)3-2-4-8-5/h2-3,6,9,11,15H,4-5,7-8H2,1H3;1-5H;2-4H,1H3. The Hall–Kier alpha value is -3.09. The maximum absolute atomic E-state index is 12.1. The average molecular weight is 471 g/mol. The summed E-state index contributed by atoms with van der Waals surface area (Å²) < 4.78 is 12.1. The van der Waals surface area contributed by atoms with Crippen molar-refractivity contribution in [2.24, 2.45) is 0 Å². The van der Waals surface area contributed by atoms with Crippen LogP contribution in [0.5, 0.6) is 0 Å². The Kier molecular flexibility index (Phi) is 10.7. The highest BCUT2D eigenvalue weighted by atomic mass is 35.5. The highest BCUT2D eigenvalue weighted by Crippen LogP contribution is 2.29. The number of benzene rings is 2. The summed E-state index contributed by atoms with van der Waals surface area (Å²) in [6, 6.07) is 15.2. The van der Waals surface area contributed by atoms with Crippen LogP contribution >= 0.6 is 11.6 Å². The minimum absolute atomic E-state index is 0.0780. The first kappa shape index (κ1) is 26.2. The summed E-state index contributed by atoms with van der Waals surface area (Å²) in [6.45, 7) is 5.58. The van der Waals surface area contributed by atoms with Crippen molar-refractivity contribution in [1.29, 1.82) is 0 Å². The minimum Gasteiger partial charge on any atom is -0.392 e. The normalized spacial score (nSPS) is 14.5. The van der Waals surface area contributed by atoms with Crippen LogP contribution in [0.15, 0.2) is 60.8 Å². The van der Waals surface area contributed by atoms with E-state index < -0.39 is 0 Å². The summed E-state index contributed by atoms with van der Waals surface area (Å²) in [4.78, 5) is 26.4. The number of amides is 1. The van der Waals surface area contributed by atoms with Crippen molar-refractivity contribution >= 4 is 24.3 Å². The molecule has 1 fully saturated rings. The van der Waals surface area contributed by atoms with Crippen molar-refractivity contribution in [3.63, 3.8) is 0 Å². The van der Waals surface area contributed by atoms with E-state index in [1.54, 1.807) is 11.1 Å². The van der Waals surface area contributed by atoms with Gasteiger partial charge in [0.25, 0.3) is 0 Å². The first-order chi connectivity index (χ1) is 15.9. The van der Waals surface area contributed by atoms with E-state index in [2.05, 4.69) is 17.1 Å². The molecule has 0 bridgehead atoms. The second-order valence-corrected chi connectivity index (χ2v) is 8.09. The Morgan fingerprint density at radius 1 is 1.15 bits per heavy atom. The molecule has 0 saturated carbocycles. The Bertz CT molecular complexity index is 1020. The summed E-state index contributed by atoms with van der Waals surface area (Å²) in [5.74, 6) is 0.0635. The van der Waals surface area contributed by atoms with E-state index >= 15 is 0 Å². The van der Waals surface area contributed by atoms with Gasteiger partial charge < -0.3 is 10.0 Å². The Morgan fingerprint density at radius 3 is 2.39 bits per heavy atom. The molecule has 1 N–H and O–H groups in total. The highest BCUT2D eigenvalue weighted by molar-refractivity contribution is 6.31. The summed E-state index contributed by atoms with van der Waals surface area (Å²) in [5.41, 5.74) is 4.74. The van der Waals surface area contributed by atoms with Crippen molar-refractivity contribution in [2.45, 2.75) is 32.8 Å². The molecule has 1 amide bonds. The molecule has 7 heteroatoms. The zero-order valence-electron chi connectivity index (χ0n) is 18.7. The van der Waals surface area contributed by atoms with Crippen LogP contribution in [0, 0.1) is 19.7 Å². The van der Waals surface area contributed by atoms with Gasteiger partial charge in [0, 0.05) is 30.8 Å². The first-order valence-corrected chi connectivity index (χ1v) is 10.9. The molecule has 33 heavy (non-hydrogen) atoms. The van der Waals surface area contributed by atoms with Gasteiger partial charge in [0.05, 0.1) is 17.3 Å². The highest BCUT2D eigenvalue weighted by Gasteiger charge is 2.24. The second kappa shape index (κ2) is 13.5. The SMILES string of the molecule is Cc1ccc(C2CCN(C=O)C2)c(CO)c1.Cc1ncccc1Cl.O=Cc1ccc(F)cc1. The number of rotatable bonds is 4. The van der Waals surface area contributed by atoms with Crippen LogP contribution in [0.4, 0.5) is 4.39 Å². The van der Waals surface area contributed by atoms with Crippen LogP contribution in [-0.4, -0.2) is 40.8 Å². The van der Waals surface area contributed by atoms with Crippen molar-refractivity contribution in [3.05, 3.63) is 99.6 Å². The molecule has 1 atom stereocenters. The van der Waals surface area contributed by atoms with Crippen molar-refractivity contribution in [3.8, 4) is 0 Å². The van der Waals surface area contributed by atoms with E-state index in [0.29, 0.717) is 17.8 Å². The third-order valence-corrected chi connectivity index (χ3v) is 5.63. The number of aliphatic hydroxyl groups is 1. The van der Waals surface area contributed by atoms with E-state index in [-0.39, 0.29) is 12.4 Å². The summed E-state index contributed by atoms with van der Waals surface area (Å²) >= 11 is 5.65. The largest absolute Gasteiger partial charge is 0.392 e. The molecule has 5 nitrogen and oxygen atoms in total. The van der Waals surface area contributed by atoms with Crippen LogP contribution < -0.4 is 0 Å². The lowest BCUT2D eigenvalue weighted by Crippen LogP contribution is -2.17. The van der Waals surface area contributed by atoms with Gasteiger partial charge in [0.1, 0.15) is 12.1 Å². The molecule has 1 aromatic heterocycles. The number of aryl methyl sites for hydroxylation is 2. The van der Waals surface area contributed by atoms with Gasteiger partial charge in [-0.05, 0) is 67.8 Å². The van der Waals surface area contributed by atoms with Gasteiger partial charge in [-0.2, -0.15) is 0 Å². The lowest BCUT2D eigenvalue weighted by molar-refractivity contribution is -0.117. The van der Waals surface area contributed by atoms with Gasteiger partial charge in [0.15, 0.2) is 0 Å². The maximum Gasteiger partial charge on any atom is 0.209 e. The average Bonchev–Trinajstić information content (AvgIpc) is 3.31. The molecule has 2 heterocycles. The molecule has 4 rings (SSSR count). The van der Waals surface area contributed by atoms with Gasteiger partial charge in [-0.1, -0.05) is 35.4 Å². The van der Waals surface area contributed by atoms with Crippen LogP contribution in [0.1, 0.15) is 45.1 Å². The van der Waals surface area contributed by atoms with Crippen LogP contribution in [0.2, 0.25) is 5.02 Å². The summed E-state index contributed by atoms with van der Waals surface area (Å²) in [5, 5.41) is 10.1. The predicted molar refractivity (Wildman–Crippen MR) is 128 cm³/mol. The Morgan fingerprint density at radius 2 is 1.88 bits per heavy atom. The topological polar surface area (TPSA) is 70.5 Å². The molecule has 174 valence electrons. The molecule has 2 aromatic carbocycles. The fourth-order valence-corrected chi connectivity index (χ4v) is 3.53. The smallest absolute Gasteiger partial charge is 0.209 e. The van der Waals surface area contributed by atoms with Crippen LogP contribution in [0.25, 0.3) is 0 Å². The van der Waals surface area contributed by atoms with E-state index in [1.807, 2.05) is 32.0 Å². The van der Waals surface area contributed by atoms with Gasteiger partial charge >= 0.3 is 0 Å². The molecule has 0 aliphatic carbocycles. The lowest BCUT2D eigenvalue weighted by Gasteiger charge is -2.15. The molecule has 1 unspecified atom stereocenters. The molecule has 3 aromatic rings. The Labute approximate surface area is 198 Å². The van der Waals surface area contributed by atoms with Crippen molar-refractivity contribution < 1.29 is 19.1 Å². The van der Waals surface area contributed by atoms with E-state index in [0.717, 1.165) is 47.8 Å². The fourth-order valence-electron chi connectivity index (χ4n) is 3.41. The number of halogens is 2. The first-order valence-electron chi connectivity index (χ1n) is 10.6. The number of carbonyl (C=O) groups excluding carboxylic acids is 2. The molecule has 1 aliphatic rings. The van der Waals surface area contributed by atoms with Crippen LogP contribution in [-0.2, 0) is 11.4 Å². The summed E-state index contributed by atoms with van der Waals surface area (Å²) in [6.07, 6.45) is 4.31. The Balaban J connectivity index is 0.000000192. The molecule has 0 radical (unpaired) electrons. The van der Waals surface area contributed by atoms with Crippen molar-refractivity contribution in [1.82, 2.24) is 9.88 Å². The zero-order chi connectivity index (χ0) is 24.2. The number of aromatic nitrogens is 1. The van der Waals surface area contributed by atoms with Gasteiger partial charge in [-0.3, -0.25) is 14.6 Å². The molecular formula is C26H28ClFN2O3. The van der Waals surface area contributed by atoms with E-state index in [4.69, 9.17) is 11.6 Å². The van der Waals surface area contributed by atoms with E-state index in [9.17, 15) is 19.1 Å². The molecule has 1 saturated heterocycles. The maximum atomic E-state index is 12.1. The zero-order valence-corrected chi connectivity index (χ0v) is 19.5. The minimum atomic E-state index is -0.319. The summed E-state index contributed by atoms with van der Waals surface area (Å²) in [7, 11) is 0. The molecular weight excluding hydrogens is 443 g/mol.